The fourth-order valence-corrected chi connectivity index (χ4v) is 3.52. The normalized spacial score (nSPS) is 12.3. The van der Waals surface area contributed by atoms with Crippen molar-refractivity contribution in [3.8, 4) is 0 Å². The van der Waals surface area contributed by atoms with Crippen LogP contribution in [0.4, 0.5) is 0 Å². The smallest absolute Gasteiger partial charge is 0.307 e. The second-order valence-electron chi connectivity index (χ2n) is 4.63. The summed E-state index contributed by atoms with van der Waals surface area (Å²) >= 11 is 5.00. The SMILES string of the molecule is Cc1ccc(CC(Cc2ccc(Br)s2)C(=O)O)cc1. The maximum atomic E-state index is 11.4. The molecule has 0 amide bonds. The Morgan fingerprint density at radius 2 is 1.89 bits per heavy atom. The first-order valence-corrected chi connectivity index (χ1v) is 7.68. The Hall–Kier alpha value is -1.13. The zero-order valence-corrected chi connectivity index (χ0v) is 13.0. The molecule has 0 saturated heterocycles. The molecule has 1 heterocycles. The number of benzene rings is 1. The summed E-state index contributed by atoms with van der Waals surface area (Å²) in [4.78, 5) is 12.5. The van der Waals surface area contributed by atoms with Crippen molar-refractivity contribution in [2.24, 2.45) is 5.92 Å². The Morgan fingerprint density at radius 3 is 2.42 bits per heavy atom. The molecule has 0 fully saturated rings. The number of rotatable bonds is 5. The largest absolute Gasteiger partial charge is 0.481 e. The average molecular weight is 339 g/mol. The van der Waals surface area contributed by atoms with Crippen LogP contribution in [0.15, 0.2) is 40.2 Å². The molecule has 0 radical (unpaired) electrons. The lowest BCUT2D eigenvalue weighted by atomic mass is 9.95. The number of carboxylic acid groups (broad SMARTS) is 1. The summed E-state index contributed by atoms with van der Waals surface area (Å²) in [7, 11) is 0. The van der Waals surface area contributed by atoms with Gasteiger partial charge in [-0.15, -0.1) is 11.3 Å². The van der Waals surface area contributed by atoms with Crippen LogP contribution in [0.1, 0.15) is 16.0 Å². The molecule has 0 saturated carbocycles. The quantitative estimate of drug-likeness (QED) is 0.882. The monoisotopic (exact) mass is 338 g/mol. The van der Waals surface area contributed by atoms with Crippen molar-refractivity contribution in [1.82, 2.24) is 0 Å². The van der Waals surface area contributed by atoms with Crippen molar-refractivity contribution >= 4 is 33.2 Å². The molecule has 1 unspecified atom stereocenters. The highest BCUT2D eigenvalue weighted by atomic mass is 79.9. The van der Waals surface area contributed by atoms with Gasteiger partial charge in [-0.1, -0.05) is 29.8 Å². The van der Waals surface area contributed by atoms with Crippen LogP contribution >= 0.6 is 27.3 Å². The second-order valence-corrected chi connectivity index (χ2v) is 7.18. The molecule has 0 aliphatic heterocycles. The molecule has 0 spiro atoms. The van der Waals surface area contributed by atoms with Crippen LogP contribution in [0.2, 0.25) is 0 Å². The molecule has 2 aromatic rings. The van der Waals surface area contributed by atoms with E-state index in [9.17, 15) is 9.90 Å². The summed E-state index contributed by atoms with van der Waals surface area (Å²) in [5.74, 6) is -1.10. The maximum absolute atomic E-state index is 11.4. The molecule has 2 rings (SSSR count). The van der Waals surface area contributed by atoms with Crippen molar-refractivity contribution in [3.05, 3.63) is 56.2 Å². The van der Waals surface area contributed by atoms with E-state index in [4.69, 9.17) is 0 Å². The van der Waals surface area contributed by atoms with Crippen molar-refractivity contribution in [1.29, 1.82) is 0 Å². The zero-order valence-electron chi connectivity index (χ0n) is 10.6. The van der Waals surface area contributed by atoms with Crippen LogP contribution in [-0.2, 0) is 17.6 Å². The zero-order chi connectivity index (χ0) is 13.8. The number of carboxylic acids is 1. The lowest BCUT2D eigenvalue weighted by molar-refractivity contribution is -0.141. The fraction of sp³-hybridized carbons (Fsp3) is 0.267. The van der Waals surface area contributed by atoms with Crippen LogP contribution in [0.5, 0.6) is 0 Å². The van der Waals surface area contributed by atoms with Gasteiger partial charge < -0.3 is 5.11 Å². The Balaban J connectivity index is 2.08. The van der Waals surface area contributed by atoms with E-state index in [2.05, 4.69) is 15.9 Å². The second kappa shape index (κ2) is 6.35. The molecule has 100 valence electrons. The molecular formula is C15H15BrO2S. The molecule has 0 aliphatic carbocycles. The van der Waals surface area contributed by atoms with E-state index in [0.29, 0.717) is 12.8 Å². The Kier molecular flexibility index (Phi) is 4.77. The van der Waals surface area contributed by atoms with Crippen LogP contribution in [0.3, 0.4) is 0 Å². The van der Waals surface area contributed by atoms with E-state index in [-0.39, 0.29) is 5.92 Å². The van der Waals surface area contributed by atoms with E-state index in [1.54, 1.807) is 11.3 Å². The lowest BCUT2D eigenvalue weighted by Gasteiger charge is -2.11. The maximum Gasteiger partial charge on any atom is 0.307 e. The summed E-state index contributed by atoms with van der Waals surface area (Å²) in [6.07, 6.45) is 1.16. The Bertz CT molecular complexity index is 560. The Morgan fingerprint density at radius 1 is 1.21 bits per heavy atom. The lowest BCUT2D eigenvalue weighted by Crippen LogP contribution is -2.18. The summed E-state index contributed by atoms with van der Waals surface area (Å²) in [6, 6.07) is 12.0. The third-order valence-corrected chi connectivity index (χ3v) is 4.67. The van der Waals surface area contributed by atoms with Gasteiger partial charge in [0.25, 0.3) is 0 Å². The van der Waals surface area contributed by atoms with Gasteiger partial charge in [-0.3, -0.25) is 4.79 Å². The van der Waals surface area contributed by atoms with Gasteiger partial charge in [-0.05, 0) is 53.4 Å². The summed E-state index contributed by atoms with van der Waals surface area (Å²) in [5, 5.41) is 9.35. The van der Waals surface area contributed by atoms with E-state index in [1.165, 1.54) is 5.56 Å². The molecule has 1 N–H and O–H groups in total. The topological polar surface area (TPSA) is 37.3 Å². The molecule has 1 atom stereocenters. The van der Waals surface area contributed by atoms with Gasteiger partial charge in [0, 0.05) is 4.88 Å². The minimum absolute atomic E-state index is 0.367. The van der Waals surface area contributed by atoms with E-state index >= 15 is 0 Å². The van der Waals surface area contributed by atoms with Gasteiger partial charge in [-0.2, -0.15) is 0 Å². The first-order chi connectivity index (χ1) is 9.04. The first kappa shape index (κ1) is 14.3. The van der Waals surface area contributed by atoms with E-state index in [1.807, 2.05) is 43.3 Å². The minimum Gasteiger partial charge on any atom is -0.481 e. The minimum atomic E-state index is -0.731. The van der Waals surface area contributed by atoms with Crippen molar-refractivity contribution in [3.63, 3.8) is 0 Å². The Labute approximate surface area is 125 Å². The molecule has 1 aromatic heterocycles. The van der Waals surface area contributed by atoms with Crippen LogP contribution in [0, 0.1) is 12.8 Å². The number of hydrogen-bond acceptors (Lipinski definition) is 2. The van der Waals surface area contributed by atoms with Crippen molar-refractivity contribution in [2.45, 2.75) is 19.8 Å². The molecule has 0 aliphatic rings. The van der Waals surface area contributed by atoms with Gasteiger partial charge in [0.15, 0.2) is 0 Å². The molecule has 4 heteroatoms. The number of thiophene rings is 1. The highest BCUT2D eigenvalue weighted by Gasteiger charge is 2.19. The number of halogens is 1. The molecule has 2 nitrogen and oxygen atoms in total. The standard InChI is InChI=1S/C15H15BrO2S/c1-10-2-4-11(5-3-10)8-12(15(17)18)9-13-6-7-14(16)19-13/h2-7,12H,8-9H2,1H3,(H,17,18). The van der Waals surface area contributed by atoms with Gasteiger partial charge in [0.05, 0.1) is 9.70 Å². The third-order valence-electron chi connectivity index (χ3n) is 3.03. The predicted octanol–water partition coefficient (Wildman–Crippen LogP) is 4.31. The third kappa shape index (κ3) is 4.18. The van der Waals surface area contributed by atoms with Gasteiger partial charge >= 0.3 is 5.97 Å². The van der Waals surface area contributed by atoms with E-state index in [0.717, 1.165) is 14.2 Å². The van der Waals surface area contributed by atoms with Gasteiger partial charge in [0.2, 0.25) is 0 Å². The number of aliphatic carboxylic acids is 1. The summed E-state index contributed by atoms with van der Waals surface area (Å²) < 4.78 is 1.04. The van der Waals surface area contributed by atoms with Crippen LogP contribution < -0.4 is 0 Å². The summed E-state index contributed by atoms with van der Waals surface area (Å²) in [5.41, 5.74) is 2.27. The highest BCUT2D eigenvalue weighted by Crippen LogP contribution is 2.25. The predicted molar refractivity (Wildman–Crippen MR) is 81.7 cm³/mol. The number of aryl methyl sites for hydroxylation is 1. The van der Waals surface area contributed by atoms with E-state index < -0.39 is 5.97 Å². The van der Waals surface area contributed by atoms with Crippen molar-refractivity contribution in [2.75, 3.05) is 0 Å². The summed E-state index contributed by atoms with van der Waals surface area (Å²) in [6.45, 7) is 2.03. The first-order valence-electron chi connectivity index (χ1n) is 6.07. The average Bonchev–Trinajstić information content (AvgIpc) is 2.76. The molecule has 19 heavy (non-hydrogen) atoms. The van der Waals surface area contributed by atoms with Crippen molar-refractivity contribution < 1.29 is 9.90 Å². The molecular weight excluding hydrogens is 324 g/mol. The molecule has 0 bridgehead atoms. The van der Waals surface area contributed by atoms with Crippen LogP contribution in [0.25, 0.3) is 0 Å². The molecule has 1 aromatic carbocycles. The van der Waals surface area contributed by atoms with Gasteiger partial charge in [-0.25, -0.2) is 0 Å². The number of carbonyl (C=O) groups is 1. The fourth-order valence-electron chi connectivity index (χ4n) is 1.96. The highest BCUT2D eigenvalue weighted by molar-refractivity contribution is 9.11. The number of hydrogen-bond donors (Lipinski definition) is 1. The van der Waals surface area contributed by atoms with Crippen LogP contribution in [-0.4, -0.2) is 11.1 Å². The van der Waals surface area contributed by atoms with Gasteiger partial charge in [0.1, 0.15) is 0 Å².